The van der Waals surface area contributed by atoms with Gasteiger partial charge in [0.1, 0.15) is 0 Å². The molecule has 2 unspecified atom stereocenters. The highest BCUT2D eigenvalue weighted by molar-refractivity contribution is 9.10. The van der Waals surface area contributed by atoms with Crippen LogP contribution in [0.5, 0.6) is 0 Å². The van der Waals surface area contributed by atoms with Crippen molar-refractivity contribution in [3.63, 3.8) is 0 Å². The normalized spacial score (nSPS) is 14.4. The first-order valence-electron chi connectivity index (χ1n) is 7.27. The van der Waals surface area contributed by atoms with Gasteiger partial charge < -0.3 is 5.73 Å². The van der Waals surface area contributed by atoms with Crippen molar-refractivity contribution >= 4 is 27.3 Å². The highest BCUT2D eigenvalue weighted by Gasteiger charge is 2.25. The van der Waals surface area contributed by atoms with Crippen molar-refractivity contribution in [3.8, 4) is 0 Å². The molecule has 1 aromatic carbocycles. The van der Waals surface area contributed by atoms with Crippen LogP contribution in [0.25, 0.3) is 0 Å². The number of aryl methyl sites for hydroxylation is 1. The molecule has 0 aliphatic carbocycles. The third kappa shape index (κ3) is 4.16. The standard InChI is InChI=1S/C17H23BrN2S/c1-4-15(19)16(17-12(2)9-10-21-17)20(3)11-13-5-7-14(18)8-6-13/h5-10,15-16H,4,11,19H2,1-3H3. The third-order valence-corrected chi connectivity index (χ3v) is 5.49. The molecule has 0 spiro atoms. The second-order valence-electron chi connectivity index (χ2n) is 5.53. The van der Waals surface area contributed by atoms with E-state index in [9.17, 15) is 0 Å². The molecule has 0 radical (unpaired) electrons. The quantitative estimate of drug-likeness (QED) is 0.800. The lowest BCUT2D eigenvalue weighted by atomic mass is 10.0. The molecule has 0 fully saturated rings. The zero-order valence-electron chi connectivity index (χ0n) is 12.8. The van der Waals surface area contributed by atoms with Gasteiger partial charge in [0.25, 0.3) is 0 Å². The Morgan fingerprint density at radius 3 is 2.43 bits per heavy atom. The number of hydrogen-bond donors (Lipinski definition) is 1. The zero-order chi connectivity index (χ0) is 15.4. The molecule has 114 valence electrons. The summed E-state index contributed by atoms with van der Waals surface area (Å²) in [6, 6.07) is 11.1. The Bertz CT molecular complexity index is 564. The van der Waals surface area contributed by atoms with Crippen molar-refractivity contribution in [3.05, 3.63) is 56.2 Å². The lowest BCUT2D eigenvalue weighted by molar-refractivity contribution is 0.204. The second-order valence-corrected chi connectivity index (χ2v) is 7.39. The molecule has 0 amide bonds. The Balaban J connectivity index is 2.20. The predicted molar refractivity (Wildman–Crippen MR) is 95.7 cm³/mol. The van der Waals surface area contributed by atoms with Crippen molar-refractivity contribution in [1.82, 2.24) is 4.90 Å². The number of hydrogen-bond acceptors (Lipinski definition) is 3. The number of rotatable bonds is 6. The summed E-state index contributed by atoms with van der Waals surface area (Å²) in [5.74, 6) is 0. The predicted octanol–water partition coefficient (Wildman–Crippen LogP) is 4.73. The van der Waals surface area contributed by atoms with Crippen LogP contribution < -0.4 is 5.73 Å². The van der Waals surface area contributed by atoms with Crippen LogP contribution in [0, 0.1) is 6.92 Å². The van der Waals surface area contributed by atoms with Crippen LogP contribution in [-0.4, -0.2) is 18.0 Å². The van der Waals surface area contributed by atoms with E-state index in [1.807, 2.05) is 11.3 Å². The molecule has 4 heteroatoms. The van der Waals surface area contributed by atoms with E-state index in [1.54, 1.807) is 0 Å². The minimum atomic E-state index is 0.155. The molecule has 2 aromatic rings. The minimum absolute atomic E-state index is 0.155. The number of nitrogens with two attached hydrogens (primary N) is 1. The summed E-state index contributed by atoms with van der Waals surface area (Å²) in [6.07, 6.45) is 0.979. The first-order chi connectivity index (χ1) is 10.0. The molecule has 0 bridgehead atoms. The zero-order valence-corrected chi connectivity index (χ0v) is 15.2. The maximum Gasteiger partial charge on any atom is 0.0596 e. The molecule has 2 rings (SSSR count). The summed E-state index contributed by atoms with van der Waals surface area (Å²) in [4.78, 5) is 3.76. The Kier molecular flexibility index (Phi) is 5.99. The van der Waals surface area contributed by atoms with Gasteiger partial charge in [-0.1, -0.05) is 35.0 Å². The SMILES string of the molecule is CCC(N)C(c1sccc1C)N(C)Cc1ccc(Br)cc1. The van der Waals surface area contributed by atoms with Gasteiger partial charge in [0.05, 0.1) is 6.04 Å². The molecule has 2 nitrogen and oxygen atoms in total. The van der Waals surface area contributed by atoms with Crippen LogP contribution in [-0.2, 0) is 6.54 Å². The van der Waals surface area contributed by atoms with Crippen LogP contribution in [0.1, 0.15) is 35.4 Å². The molecule has 0 aliphatic rings. The summed E-state index contributed by atoms with van der Waals surface area (Å²) >= 11 is 5.30. The number of nitrogens with zero attached hydrogens (tertiary/aromatic N) is 1. The van der Waals surface area contributed by atoms with Crippen LogP contribution in [0.3, 0.4) is 0 Å². The van der Waals surface area contributed by atoms with Gasteiger partial charge in [-0.2, -0.15) is 0 Å². The fourth-order valence-corrected chi connectivity index (χ4v) is 4.04. The van der Waals surface area contributed by atoms with Gasteiger partial charge in [0, 0.05) is 21.9 Å². The van der Waals surface area contributed by atoms with Crippen LogP contribution in [0.2, 0.25) is 0 Å². The first kappa shape index (κ1) is 16.7. The van der Waals surface area contributed by atoms with Gasteiger partial charge >= 0.3 is 0 Å². The maximum absolute atomic E-state index is 6.41. The minimum Gasteiger partial charge on any atom is -0.326 e. The molecule has 1 aromatic heterocycles. The Morgan fingerprint density at radius 1 is 1.24 bits per heavy atom. The van der Waals surface area contributed by atoms with E-state index in [4.69, 9.17) is 5.73 Å². The van der Waals surface area contributed by atoms with Crippen molar-refractivity contribution in [1.29, 1.82) is 0 Å². The Hall–Kier alpha value is -0.680. The van der Waals surface area contributed by atoms with E-state index in [0.29, 0.717) is 0 Å². The average Bonchev–Trinajstić information content (AvgIpc) is 2.87. The number of likely N-dealkylation sites (N-methyl/N-ethyl adjacent to an activating group) is 1. The smallest absolute Gasteiger partial charge is 0.0596 e. The molecular formula is C17H23BrN2S. The summed E-state index contributed by atoms with van der Waals surface area (Å²) in [7, 11) is 2.17. The Labute approximate surface area is 140 Å². The van der Waals surface area contributed by atoms with Crippen molar-refractivity contribution in [2.45, 2.75) is 38.9 Å². The largest absolute Gasteiger partial charge is 0.326 e. The van der Waals surface area contributed by atoms with Crippen molar-refractivity contribution < 1.29 is 0 Å². The third-order valence-electron chi connectivity index (χ3n) is 3.87. The molecule has 21 heavy (non-hydrogen) atoms. The van der Waals surface area contributed by atoms with E-state index in [1.165, 1.54) is 16.0 Å². The topological polar surface area (TPSA) is 29.3 Å². The van der Waals surface area contributed by atoms with E-state index in [-0.39, 0.29) is 12.1 Å². The first-order valence-corrected chi connectivity index (χ1v) is 8.94. The van der Waals surface area contributed by atoms with Crippen LogP contribution in [0.4, 0.5) is 0 Å². The fraction of sp³-hybridized carbons (Fsp3) is 0.412. The summed E-state index contributed by atoms with van der Waals surface area (Å²) in [5, 5.41) is 2.16. The lowest BCUT2D eigenvalue weighted by Crippen LogP contribution is -2.38. The number of thiophene rings is 1. The van der Waals surface area contributed by atoms with Crippen LogP contribution >= 0.6 is 27.3 Å². The van der Waals surface area contributed by atoms with Gasteiger partial charge in [-0.05, 0) is 55.1 Å². The molecular weight excluding hydrogens is 344 g/mol. The highest BCUT2D eigenvalue weighted by atomic mass is 79.9. The monoisotopic (exact) mass is 366 g/mol. The summed E-state index contributed by atoms with van der Waals surface area (Å²) in [5.41, 5.74) is 9.07. The molecule has 0 saturated heterocycles. The van der Waals surface area contributed by atoms with Crippen molar-refractivity contribution in [2.75, 3.05) is 7.05 Å². The van der Waals surface area contributed by atoms with Gasteiger partial charge in [0.15, 0.2) is 0 Å². The van der Waals surface area contributed by atoms with Crippen LogP contribution in [0.15, 0.2) is 40.2 Å². The second kappa shape index (κ2) is 7.54. The van der Waals surface area contributed by atoms with Gasteiger partial charge in [-0.3, -0.25) is 4.90 Å². The summed E-state index contributed by atoms with van der Waals surface area (Å²) < 4.78 is 1.12. The van der Waals surface area contributed by atoms with Crippen molar-refractivity contribution in [2.24, 2.45) is 5.73 Å². The highest BCUT2D eigenvalue weighted by Crippen LogP contribution is 2.32. The number of halogens is 1. The van der Waals surface area contributed by atoms with E-state index in [2.05, 4.69) is 77.4 Å². The van der Waals surface area contributed by atoms with E-state index >= 15 is 0 Å². The Morgan fingerprint density at radius 2 is 1.90 bits per heavy atom. The van der Waals surface area contributed by atoms with Gasteiger partial charge in [0.2, 0.25) is 0 Å². The van der Waals surface area contributed by atoms with E-state index in [0.717, 1.165) is 17.4 Å². The number of benzene rings is 1. The van der Waals surface area contributed by atoms with Gasteiger partial charge in [-0.25, -0.2) is 0 Å². The molecule has 0 saturated carbocycles. The molecule has 0 aliphatic heterocycles. The fourth-order valence-electron chi connectivity index (χ4n) is 2.61. The lowest BCUT2D eigenvalue weighted by Gasteiger charge is -2.32. The maximum atomic E-state index is 6.41. The average molecular weight is 367 g/mol. The molecule has 1 heterocycles. The van der Waals surface area contributed by atoms with Gasteiger partial charge in [-0.15, -0.1) is 11.3 Å². The molecule has 2 atom stereocenters. The summed E-state index contributed by atoms with van der Waals surface area (Å²) in [6.45, 7) is 5.24. The molecule has 2 N–H and O–H groups in total. The van der Waals surface area contributed by atoms with E-state index < -0.39 is 0 Å².